The van der Waals surface area contributed by atoms with Crippen molar-refractivity contribution >= 4 is 17.1 Å². The summed E-state index contributed by atoms with van der Waals surface area (Å²) in [6, 6.07) is 8.05. The third-order valence-corrected chi connectivity index (χ3v) is 2.16. The van der Waals surface area contributed by atoms with Crippen molar-refractivity contribution in [1.82, 2.24) is 0 Å². The number of benzene rings is 2. The number of fused-ring (bicyclic) bond motifs is 1. The van der Waals surface area contributed by atoms with Gasteiger partial charge in [-0.2, -0.15) is 0 Å². The third kappa shape index (κ3) is 1.10. The number of hydrogen-bond acceptors (Lipinski definition) is 3. The highest BCUT2D eigenvalue weighted by Crippen LogP contribution is 2.32. The smallest absolute Gasteiger partial charge is 0.154 e. The molecule has 2 rings (SSSR count). The molecule has 14 heavy (non-hydrogen) atoms. The molecule has 0 heterocycles. The standard InChI is InChI=1S/C11H8O3/c12-6-9-7-3-1-2-4-8(7)10(13)5-11(9)14/h1-6,13-14H. The molecule has 0 atom stereocenters. The number of phenolic OH excluding ortho intramolecular Hbond substituents is 2. The summed E-state index contributed by atoms with van der Waals surface area (Å²) in [4.78, 5) is 10.7. The van der Waals surface area contributed by atoms with Crippen molar-refractivity contribution in [1.29, 1.82) is 0 Å². The van der Waals surface area contributed by atoms with Gasteiger partial charge in [-0.15, -0.1) is 0 Å². The number of aldehydes is 1. The summed E-state index contributed by atoms with van der Waals surface area (Å²) < 4.78 is 0. The highest BCUT2D eigenvalue weighted by molar-refractivity contribution is 6.03. The van der Waals surface area contributed by atoms with Crippen LogP contribution in [-0.2, 0) is 0 Å². The van der Waals surface area contributed by atoms with E-state index in [4.69, 9.17) is 0 Å². The van der Waals surface area contributed by atoms with Gasteiger partial charge in [-0.3, -0.25) is 4.79 Å². The van der Waals surface area contributed by atoms with E-state index >= 15 is 0 Å². The molecular formula is C11H8O3. The van der Waals surface area contributed by atoms with Crippen LogP contribution in [0.5, 0.6) is 11.5 Å². The van der Waals surface area contributed by atoms with E-state index in [9.17, 15) is 15.0 Å². The Labute approximate surface area is 80.2 Å². The SMILES string of the molecule is O=Cc1c(O)cc(O)c2ccccc12. The van der Waals surface area contributed by atoms with Crippen LogP contribution in [0, 0.1) is 0 Å². The average Bonchev–Trinajstić information content (AvgIpc) is 2.18. The molecule has 0 amide bonds. The predicted octanol–water partition coefficient (Wildman–Crippen LogP) is 2.06. The molecule has 3 nitrogen and oxygen atoms in total. The summed E-state index contributed by atoms with van der Waals surface area (Å²) in [7, 11) is 0. The minimum atomic E-state index is -0.198. The molecule has 0 aliphatic carbocycles. The van der Waals surface area contributed by atoms with Crippen molar-refractivity contribution in [3.05, 3.63) is 35.9 Å². The molecule has 0 aliphatic heterocycles. The van der Waals surface area contributed by atoms with E-state index in [0.29, 0.717) is 17.1 Å². The van der Waals surface area contributed by atoms with Gasteiger partial charge in [0.2, 0.25) is 0 Å². The minimum Gasteiger partial charge on any atom is -0.507 e. The molecule has 0 aliphatic rings. The normalized spacial score (nSPS) is 10.3. The zero-order valence-corrected chi connectivity index (χ0v) is 7.27. The summed E-state index contributed by atoms with van der Waals surface area (Å²) in [6.07, 6.45) is 0.580. The van der Waals surface area contributed by atoms with Crippen LogP contribution < -0.4 is 0 Å². The third-order valence-electron chi connectivity index (χ3n) is 2.16. The molecule has 2 aromatic rings. The molecule has 0 saturated heterocycles. The zero-order chi connectivity index (χ0) is 10.1. The van der Waals surface area contributed by atoms with Gasteiger partial charge in [-0.05, 0) is 5.39 Å². The lowest BCUT2D eigenvalue weighted by molar-refractivity contribution is 0.112. The Hall–Kier alpha value is -2.03. The Morgan fingerprint density at radius 1 is 1.00 bits per heavy atom. The van der Waals surface area contributed by atoms with Gasteiger partial charge in [-0.1, -0.05) is 24.3 Å². The van der Waals surface area contributed by atoms with E-state index in [1.54, 1.807) is 24.3 Å². The maximum atomic E-state index is 10.7. The molecular weight excluding hydrogens is 180 g/mol. The number of aromatic hydroxyl groups is 2. The Balaban J connectivity index is 2.97. The number of carbonyl (C=O) groups is 1. The monoisotopic (exact) mass is 188 g/mol. The molecule has 0 radical (unpaired) electrons. The van der Waals surface area contributed by atoms with Crippen LogP contribution in [0.25, 0.3) is 10.8 Å². The van der Waals surface area contributed by atoms with E-state index in [1.165, 1.54) is 6.07 Å². The Kier molecular flexibility index (Phi) is 1.85. The van der Waals surface area contributed by atoms with Crippen molar-refractivity contribution in [2.45, 2.75) is 0 Å². The van der Waals surface area contributed by atoms with E-state index in [0.717, 1.165) is 0 Å². The molecule has 3 heteroatoms. The minimum absolute atomic E-state index is 0.0244. The largest absolute Gasteiger partial charge is 0.507 e. The molecule has 0 unspecified atom stereocenters. The average molecular weight is 188 g/mol. The van der Waals surface area contributed by atoms with Gasteiger partial charge in [0, 0.05) is 11.5 Å². The Morgan fingerprint density at radius 3 is 2.29 bits per heavy atom. The first-order valence-corrected chi connectivity index (χ1v) is 4.13. The summed E-state index contributed by atoms with van der Waals surface area (Å²) in [5, 5.41) is 20.0. The van der Waals surface area contributed by atoms with Crippen LogP contribution in [0.15, 0.2) is 30.3 Å². The summed E-state index contributed by atoms with van der Waals surface area (Å²) in [5.74, 6) is -0.222. The molecule has 0 saturated carbocycles. The topological polar surface area (TPSA) is 57.5 Å². The fraction of sp³-hybridized carbons (Fsp3) is 0. The van der Waals surface area contributed by atoms with Crippen molar-refractivity contribution in [2.24, 2.45) is 0 Å². The summed E-state index contributed by atoms with van der Waals surface area (Å²) >= 11 is 0. The van der Waals surface area contributed by atoms with E-state index < -0.39 is 0 Å². The van der Waals surface area contributed by atoms with Crippen LogP contribution in [0.4, 0.5) is 0 Å². The second kappa shape index (κ2) is 3.03. The van der Waals surface area contributed by atoms with Crippen LogP contribution in [-0.4, -0.2) is 16.5 Å². The maximum absolute atomic E-state index is 10.7. The quantitative estimate of drug-likeness (QED) is 0.673. The highest BCUT2D eigenvalue weighted by atomic mass is 16.3. The molecule has 2 N–H and O–H groups in total. The number of phenols is 2. The molecule has 70 valence electrons. The Bertz CT molecular complexity index is 503. The van der Waals surface area contributed by atoms with E-state index in [2.05, 4.69) is 0 Å². The fourth-order valence-corrected chi connectivity index (χ4v) is 1.49. The number of carbonyl (C=O) groups excluding carboxylic acids is 1. The lowest BCUT2D eigenvalue weighted by Crippen LogP contribution is -1.85. The van der Waals surface area contributed by atoms with E-state index in [-0.39, 0.29) is 17.1 Å². The van der Waals surface area contributed by atoms with Crippen LogP contribution in [0.2, 0.25) is 0 Å². The second-order valence-electron chi connectivity index (χ2n) is 2.99. The summed E-state index contributed by atoms with van der Waals surface area (Å²) in [5.41, 5.74) is 0.207. The van der Waals surface area contributed by atoms with Crippen LogP contribution in [0.1, 0.15) is 10.4 Å². The van der Waals surface area contributed by atoms with Crippen molar-refractivity contribution < 1.29 is 15.0 Å². The lowest BCUT2D eigenvalue weighted by Gasteiger charge is -2.05. The molecule has 0 aromatic heterocycles. The molecule has 0 fully saturated rings. The maximum Gasteiger partial charge on any atom is 0.154 e. The van der Waals surface area contributed by atoms with Gasteiger partial charge in [0.1, 0.15) is 11.5 Å². The van der Waals surface area contributed by atoms with Crippen molar-refractivity contribution in [2.75, 3.05) is 0 Å². The zero-order valence-electron chi connectivity index (χ0n) is 7.27. The highest BCUT2D eigenvalue weighted by Gasteiger charge is 2.09. The predicted molar refractivity (Wildman–Crippen MR) is 52.7 cm³/mol. The first kappa shape index (κ1) is 8.56. The fourth-order valence-electron chi connectivity index (χ4n) is 1.49. The number of rotatable bonds is 1. The Morgan fingerprint density at radius 2 is 1.64 bits per heavy atom. The van der Waals surface area contributed by atoms with Gasteiger partial charge in [-0.25, -0.2) is 0 Å². The van der Waals surface area contributed by atoms with Gasteiger partial charge >= 0.3 is 0 Å². The van der Waals surface area contributed by atoms with Gasteiger partial charge in [0.05, 0.1) is 5.56 Å². The van der Waals surface area contributed by atoms with Crippen molar-refractivity contribution in [3.63, 3.8) is 0 Å². The van der Waals surface area contributed by atoms with Gasteiger partial charge in [0.15, 0.2) is 6.29 Å². The molecule has 2 aromatic carbocycles. The number of hydrogen-bond donors (Lipinski definition) is 2. The first-order chi connectivity index (χ1) is 6.74. The molecule has 0 bridgehead atoms. The van der Waals surface area contributed by atoms with Gasteiger partial charge < -0.3 is 10.2 Å². The van der Waals surface area contributed by atoms with Crippen LogP contribution in [0.3, 0.4) is 0 Å². The lowest BCUT2D eigenvalue weighted by atomic mass is 10.0. The van der Waals surface area contributed by atoms with Crippen molar-refractivity contribution in [3.8, 4) is 11.5 Å². The first-order valence-electron chi connectivity index (χ1n) is 4.13. The summed E-state index contributed by atoms with van der Waals surface area (Å²) in [6.45, 7) is 0. The second-order valence-corrected chi connectivity index (χ2v) is 2.99. The van der Waals surface area contributed by atoms with Gasteiger partial charge in [0.25, 0.3) is 0 Å². The molecule has 0 spiro atoms. The van der Waals surface area contributed by atoms with Crippen LogP contribution >= 0.6 is 0 Å². The van der Waals surface area contributed by atoms with E-state index in [1.807, 2.05) is 0 Å².